The second-order valence-electron chi connectivity index (χ2n) is 9.39. The van der Waals surface area contributed by atoms with Crippen LogP contribution in [0.4, 0.5) is 5.69 Å². The second-order valence-corrected chi connectivity index (χ2v) is 11.7. The van der Waals surface area contributed by atoms with Crippen molar-refractivity contribution in [1.82, 2.24) is 4.90 Å². The fraction of sp³-hybridized carbons (Fsp3) is 0.333. The van der Waals surface area contributed by atoms with Gasteiger partial charge in [0.15, 0.2) is 9.84 Å². The molecule has 3 atom stereocenters. The smallest absolute Gasteiger partial charge is 0.189 e. The van der Waals surface area contributed by atoms with Crippen LogP contribution in [0.1, 0.15) is 19.4 Å². The highest BCUT2D eigenvalue weighted by Crippen LogP contribution is 2.48. The molecule has 0 saturated carbocycles. The Morgan fingerprint density at radius 3 is 2.09 bits per heavy atom. The van der Waals surface area contributed by atoms with Gasteiger partial charge in [-0.25, -0.2) is 13.5 Å². The standard InChI is InChI=1S/C27H30N2O3S/c1-21(2)25-26-27(33(30,31)24-16-10-5-11-17-24,19-28(25)18-22-12-6-3-7-13-22)20-32-29(26)23-14-8-4-9-15-23/h3-17,21,25-26H,18-20H2,1-2H3/t25-,26-,27+/m0/s1. The zero-order chi connectivity index (χ0) is 23.1. The van der Waals surface area contributed by atoms with E-state index in [-0.39, 0.29) is 24.6 Å². The van der Waals surface area contributed by atoms with E-state index in [2.05, 4.69) is 30.9 Å². The molecule has 5 rings (SSSR count). The Kier molecular flexibility index (Phi) is 5.77. The summed E-state index contributed by atoms with van der Waals surface area (Å²) in [7, 11) is -3.68. The van der Waals surface area contributed by atoms with Gasteiger partial charge >= 0.3 is 0 Å². The summed E-state index contributed by atoms with van der Waals surface area (Å²) >= 11 is 0. The molecular formula is C27H30N2O3S. The first-order valence-corrected chi connectivity index (χ1v) is 13.0. The Balaban J connectivity index is 1.64. The van der Waals surface area contributed by atoms with Crippen LogP contribution in [0.25, 0.3) is 0 Å². The van der Waals surface area contributed by atoms with E-state index >= 15 is 0 Å². The lowest BCUT2D eigenvalue weighted by atomic mass is 9.91. The van der Waals surface area contributed by atoms with E-state index in [9.17, 15) is 8.42 Å². The highest BCUT2D eigenvalue weighted by Gasteiger charge is 2.67. The zero-order valence-electron chi connectivity index (χ0n) is 19.0. The van der Waals surface area contributed by atoms with E-state index in [1.165, 1.54) is 5.56 Å². The number of likely N-dealkylation sites (tertiary alicyclic amines) is 1. The summed E-state index contributed by atoms with van der Waals surface area (Å²) in [5.41, 5.74) is 2.07. The van der Waals surface area contributed by atoms with Crippen molar-refractivity contribution < 1.29 is 13.3 Å². The van der Waals surface area contributed by atoms with Gasteiger partial charge in [-0.2, -0.15) is 0 Å². The van der Waals surface area contributed by atoms with Gasteiger partial charge in [0.05, 0.1) is 23.2 Å². The maximum Gasteiger partial charge on any atom is 0.189 e. The minimum absolute atomic E-state index is 0.00593. The Morgan fingerprint density at radius 2 is 1.48 bits per heavy atom. The molecule has 0 aliphatic carbocycles. The van der Waals surface area contributed by atoms with Crippen LogP contribution < -0.4 is 5.06 Å². The third-order valence-corrected chi connectivity index (χ3v) is 9.42. The van der Waals surface area contributed by atoms with Crippen molar-refractivity contribution in [2.24, 2.45) is 5.92 Å². The molecule has 0 bridgehead atoms. The van der Waals surface area contributed by atoms with Crippen LogP contribution in [0.3, 0.4) is 0 Å². The van der Waals surface area contributed by atoms with Gasteiger partial charge < -0.3 is 0 Å². The molecule has 5 nitrogen and oxygen atoms in total. The van der Waals surface area contributed by atoms with Gasteiger partial charge in [0.2, 0.25) is 0 Å². The number of sulfone groups is 1. The average molecular weight is 463 g/mol. The molecule has 3 aromatic carbocycles. The van der Waals surface area contributed by atoms with Crippen LogP contribution in [0, 0.1) is 5.92 Å². The summed E-state index contributed by atoms with van der Waals surface area (Å²) in [4.78, 5) is 8.93. The SMILES string of the molecule is CC(C)[C@H]1[C@@H]2N(c3ccccc3)OC[C@]2(S(=O)(=O)c2ccccc2)CN1Cc1ccccc1. The normalized spacial score (nSPS) is 25.5. The lowest BCUT2D eigenvalue weighted by molar-refractivity contribution is 0.100. The van der Waals surface area contributed by atoms with Gasteiger partial charge in [-0.1, -0.05) is 80.6 Å². The van der Waals surface area contributed by atoms with Crippen molar-refractivity contribution in [2.75, 3.05) is 18.2 Å². The van der Waals surface area contributed by atoms with Crippen LogP contribution in [0.5, 0.6) is 0 Å². The monoisotopic (exact) mass is 462 g/mol. The first kappa shape index (κ1) is 22.1. The number of fused-ring (bicyclic) bond motifs is 1. The van der Waals surface area contributed by atoms with E-state index in [0.29, 0.717) is 18.0 Å². The topological polar surface area (TPSA) is 49.9 Å². The summed E-state index contributed by atoms with van der Waals surface area (Å²) in [6, 6.07) is 28.7. The molecule has 2 saturated heterocycles. The lowest BCUT2D eigenvalue weighted by Crippen LogP contribution is -2.54. The summed E-state index contributed by atoms with van der Waals surface area (Å²) < 4.78 is 27.4. The van der Waals surface area contributed by atoms with Crippen LogP contribution >= 0.6 is 0 Å². The molecular weight excluding hydrogens is 432 g/mol. The quantitative estimate of drug-likeness (QED) is 0.538. The molecule has 2 fully saturated rings. The van der Waals surface area contributed by atoms with Gasteiger partial charge in [-0.05, 0) is 35.7 Å². The van der Waals surface area contributed by atoms with Crippen molar-refractivity contribution in [1.29, 1.82) is 0 Å². The highest BCUT2D eigenvalue weighted by molar-refractivity contribution is 7.93. The first-order valence-electron chi connectivity index (χ1n) is 11.5. The number of anilines is 1. The molecule has 6 heteroatoms. The number of hydroxylamine groups is 1. The van der Waals surface area contributed by atoms with Gasteiger partial charge in [-0.15, -0.1) is 0 Å². The molecule has 0 N–H and O–H groups in total. The molecule has 0 spiro atoms. The minimum atomic E-state index is -3.68. The fourth-order valence-electron chi connectivity index (χ4n) is 5.53. The van der Waals surface area contributed by atoms with E-state index in [4.69, 9.17) is 4.84 Å². The van der Waals surface area contributed by atoms with E-state index in [0.717, 1.165) is 5.69 Å². The first-order chi connectivity index (χ1) is 15.9. The minimum Gasteiger partial charge on any atom is -0.292 e. The number of rotatable bonds is 6. The molecule has 2 aliphatic heterocycles. The summed E-state index contributed by atoms with van der Waals surface area (Å²) in [5, 5.41) is 1.87. The van der Waals surface area contributed by atoms with Crippen molar-refractivity contribution in [2.45, 2.75) is 42.1 Å². The third kappa shape index (κ3) is 3.66. The Labute approximate surface area is 196 Å². The number of para-hydroxylation sites is 1. The molecule has 0 aromatic heterocycles. The highest BCUT2D eigenvalue weighted by atomic mass is 32.2. The van der Waals surface area contributed by atoms with Gasteiger partial charge in [0.25, 0.3) is 0 Å². The number of hydrogen-bond donors (Lipinski definition) is 0. The molecule has 33 heavy (non-hydrogen) atoms. The molecule has 2 heterocycles. The van der Waals surface area contributed by atoms with Crippen LogP contribution in [-0.2, 0) is 21.2 Å². The van der Waals surface area contributed by atoms with Crippen molar-refractivity contribution in [3.05, 3.63) is 96.6 Å². The van der Waals surface area contributed by atoms with Crippen LogP contribution in [0.15, 0.2) is 95.9 Å². The Bertz CT molecular complexity index is 1190. The average Bonchev–Trinajstić information content (AvgIpc) is 3.36. The predicted octanol–water partition coefficient (Wildman–Crippen LogP) is 4.56. The van der Waals surface area contributed by atoms with Crippen molar-refractivity contribution in [3.63, 3.8) is 0 Å². The summed E-state index contributed by atoms with van der Waals surface area (Å²) in [5.74, 6) is 0.236. The molecule has 0 amide bonds. The summed E-state index contributed by atoms with van der Waals surface area (Å²) in [6.45, 7) is 5.62. The Morgan fingerprint density at radius 1 is 0.909 bits per heavy atom. The van der Waals surface area contributed by atoms with Crippen molar-refractivity contribution in [3.8, 4) is 0 Å². The van der Waals surface area contributed by atoms with Gasteiger partial charge in [0, 0.05) is 19.1 Å². The molecule has 2 aliphatic rings. The molecule has 0 unspecified atom stereocenters. The molecule has 172 valence electrons. The lowest BCUT2D eigenvalue weighted by Gasteiger charge is -2.36. The van der Waals surface area contributed by atoms with E-state index < -0.39 is 14.6 Å². The van der Waals surface area contributed by atoms with Crippen LogP contribution in [-0.4, -0.2) is 43.3 Å². The molecule has 0 radical (unpaired) electrons. The maximum absolute atomic E-state index is 14.2. The maximum atomic E-state index is 14.2. The number of hydrogen-bond acceptors (Lipinski definition) is 5. The van der Waals surface area contributed by atoms with Crippen LogP contribution in [0.2, 0.25) is 0 Å². The predicted molar refractivity (Wildman–Crippen MR) is 130 cm³/mol. The van der Waals surface area contributed by atoms with E-state index in [1.54, 1.807) is 24.3 Å². The second kappa shape index (κ2) is 8.60. The van der Waals surface area contributed by atoms with Gasteiger partial charge in [-0.3, -0.25) is 9.74 Å². The fourth-order valence-corrected chi connectivity index (χ4v) is 7.61. The van der Waals surface area contributed by atoms with E-state index in [1.807, 2.05) is 59.7 Å². The zero-order valence-corrected chi connectivity index (χ0v) is 19.9. The number of benzene rings is 3. The summed E-state index contributed by atoms with van der Waals surface area (Å²) in [6.07, 6.45) is 0. The third-order valence-electron chi connectivity index (χ3n) is 6.97. The molecule has 3 aromatic rings. The van der Waals surface area contributed by atoms with Crippen molar-refractivity contribution >= 4 is 15.5 Å². The largest absolute Gasteiger partial charge is 0.292 e. The van der Waals surface area contributed by atoms with Gasteiger partial charge in [0.1, 0.15) is 4.75 Å². The number of nitrogens with zero attached hydrogens (tertiary/aromatic N) is 2. The Hall–Kier alpha value is -2.67.